The monoisotopic (exact) mass is 1560 g/mol. The molecule has 0 aromatic heterocycles. The molecule has 3 N–H and O–H groups in total. The largest absolute Gasteiger partial charge is 0.472 e. The number of ether oxygens (including phenoxy) is 4. The summed E-state index contributed by atoms with van der Waals surface area (Å²) in [6, 6.07) is 0. The average Bonchev–Trinajstić information content (AvgIpc) is 0.923. The molecule has 19 heteroatoms. The topological polar surface area (TPSA) is 237 Å². The van der Waals surface area contributed by atoms with Crippen LogP contribution in [-0.2, 0) is 65.4 Å². The van der Waals surface area contributed by atoms with E-state index in [4.69, 9.17) is 37.0 Å². The number of aliphatic hydroxyl groups is 1. The van der Waals surface area contributed by atoms with Crippen LogP contribution in [0.1, 0.15) is 349 Å². The Hall–Kier alpha value is -4.80. The van der Waals surface area contributed by atoms with Gasteiger partial charge in [0.05, 0.1) is 26.4 Å². The molecule has 2 unspecified atom stereocenters. The van der Waals surface area contributed by atoms with Crippen LogP contribution in [0.4, 0.5) is 0 Å². The third-order valence-electron chi connectivity index (χ3n) is 17.6. The summed E-state index contributed by atoms with van der Waals surface area (Å²) in [7, 11) is -10.0. The molecule has 0 aromatic carbocycles. The SMILES string of the molecule is CCCCC/C=C\C/C=C\C/C=C\C/C=C\C/C=C\CCC(=O)OC[C@H](COP(=O)(O)OC[C@@H](O)COP(=O)(O)OC[C@@H](COC(=O)CC/C=C\C/C=C\C/C=C\C/C=C\C/C=C\CCCCC)OC(=O)CCCCCCCCCCCCCCCCC)OC(=O)CCCCCCCCC/C=C\CCCCCC. The van der Waals surface area contributed by atoms with Gasteiger partial charge >= 0.3 is 39.5 Å². The van der Waals surface area contributed by atoms with Crippen LogP contribution in [0.5, 0.6) is 0 Å². The lowest BCUT2D eigenvalue weighted by atomic mass is 10.0. The molecule has 0 aromatic rings. The van der Waals surface area contributed by atoms with Gasteiger partial charge in [0.25, 0.3) is 0 Å². The Morgan fingerprint density at radius 3 is 0.769 bits per heavy atom. The van der Waals surface area contributed by atoms with E-state index >= 15 is 0 Å². The molecule has 0 saturated carbocycles. The van der Waals surface area contributed by atoms with Gasteiger partial charge in [-0.05, 0) is 128 Å². The lowest BCUT2D eigenvalue weighted by Crippen LogP contribution is -2.30. The first-order chi connectivity index (χ1) is 52.7. The third kappa shape index (κ3) is 79.3. The highest BCUT2D eigenvalue weighted by Gasteiger charge is 2.30. The number of esters is 4. The van der Waals surface area contributed by atoms with E-state index in [1.165, 1.54) is 128 Å². The number of rotatable bonds is 79. The van der Waals surface area contributed by atoms with Crippen molar-refractivity contribution < 1.29 is 80.2 Å². The van der Waals surface area contributed by atoms with Crippen LogP contribution in [0.2, 0.25) is 0 Å². The smallest absolute Gasteiger partial charge is 0.462 e. The Labute approximate surface area is 656 Å². The second-order valence-corrected chi connectivity index (χ2v) is 31.0. The minimum atomic E-state index is -5.00. The van der Waals surface area contributed by atoms with Crippen molar-refractivity contribution in [3.8, 4) is 0 Å². The van der Waals surface area contributed by atoms with Gasteiger partial charge in [-0.3, -0.25) is 37.3 Å². The summed E-state index contributed by atoms with van der Waals surface area (Å²) in [5.41, 5.74) is 0. The second-order valence-electron chi connectivity index (χ2n) is 28.1. The number of aliphatic hydroxyl groups excluding tert-OH is 1. The Balaban J connectivity index is 5.48. The fraction of sp³-hybridized carbons (Fsp3) is 0.708. The summed E-state index contributed by atoms with van der Waals surface area (Å²) < 4.78 is 68.6. The summed E-state index contributed by atoms with van der Waals surface area (Å²) in [6.07, 6.45) is 91.6. The van der Waals surface area contributed by atoms with Gasteiger partial charge in [0, 0.05) is 25.7 Å². The standard InChI is InChI=1S/C89H152O17P2/c1-5-9-13-17-21-25-29-33-37-39-41-43-47-49-53-57-61-65-69-73-86(91)99-79-84(105-88(93)75-71-67-63-59-55-51-45-35-31-27-23-19-15-11-7-3)81-103-107(95,96)101-77-83(90)78-102-108(97,98)104-82-85(106-89(94)76-72-68-64-60-56-52-46-36-32-28-24-20-16-12-8-4)80-100-87(92)74-70-66-62-58-54-50-48-44-42-40-38-34-30-26-22-18-14-10-6-2/h21-22,25-27,31,33-34,37-38,41-44,49-50,53-54,61-62,65-66,83-85,90H,5-20,23-24,28-30,32,35-36,39-40,45-48,51-52,55-60,63-64,67-82H2,1-4H3,(H,95,96)(H,97,98)/b25-21-,26-22-,31-27-,37-33-,38-34-,43-41-,44-42-,53-49-,54-50-,65-61-,66-62-/t83-,84-,85-/m1/s1. The molecule has 108 heavy (non-hydrogen) atoms. The number of phosphoric acid groups is 2. The van der Waals surface area contributed by atoms with Crippen molar-refractivity contribution in [2.24, 2.45) is 0 Å². The zero-order valence-corrected chi connectivity index (χ0v) is 69.8. The first-order valence-electron chi connectivity index (χ1n) is 42.4. The summed E-state index contributed by atoms with van der Waals surface area (Å²) in [4.78, 5) is 73.1. The number of phosphoric ester groups is 2. The van der Waals surface area contributed by atoms with Crippen LogP contribution < -0.4 is 0 Å². The van der Waals surface area contributed by atoms with E-state index in [2.05, 4.69) is 137 Å². The van der Waals surface area contributed by atoms with Gasteiger partial charge in [-0.25, -0.2) is 9.13 Å². The van der Waals surface area contributed by atoms with Crippen LogP contribution in [0.25, 0.3) is 0 Å². The first-order valence-corrected chi connectivity index (χ1v) is 45.4. The van der Waals surface area contributed by atoms with Crippen LogP contribution in [0, 0.1) is 0 Å². The fourth-order valence-electron chi connectivity index (χ4n) is 11.1. The van der Waals surface area contributed by atoms with E-state index in [9.17, 15) is 43.2 Å². The molecular weight excluding hydrogens is 1400 g/mol. The normalized spacial score (nSPS) is 14.5. The molecule has 0 radical (unpaired) electrons. The molecule has 0 spiro atoms. The highest BCUT2D eigenvalue weighted by Crippen LogP contribution is 2.45. The number of unbranched alkanes of at least 4 members (excludes halogenated alkanes) is 31. The predicted molar refractivity (Wildman–Crippen MR) is 445 cm³/mol. The minimum Gasteiger partial charge on any atom is -0.462 e. The van der Waals surface area contributed by atoms with Crippen molar-refractivity contribution >= 4 is 39.5 Å². The summed E-state index contributed by atoms with van der Waals surface area (Å²) >= 11 is 0. The number of allylic oxidation sites excluding steroid dienone is 22. The maximum absolute atomic E-state index is 13.1. The minimum absolute atomic E-state index is 0.0342. The van der Waals surface area contributed by atoms with Crippen LogP contribution in [-0.4, -0.2) is 96.7 Å². The summed E-state index contributed by atoms with van der Waals surface area (Å²) in [5, 5.41) is 10.7. The Kier molecular flexibility index (Phi) is 76.7. The van der Waals surface area contributed by atoms with E-state index in [-0.39, 0.29) is 25.7 Å². The Morgan fingerprint density at radius 2 is 0.472 bits per heavy atom. The fourth-order valence-corrected chi connectivity index (χ4v) is 12.7. The van der Waals surface area contributed by atoms with E-state index in [1.807, 2.05) is 24.3 Å². The molecule has 0 fully saturated rings. The van der Waals surface area contributed by atoms with Gasteiger partial charge in [0.1, 0.15) is 19.3 Å². The maximum atomic E-state index is 13.1. The van der Waals surface area contributed by atoms with Crippen LogP contribution in [0.3, 0.4) is 0 Å². The number of hydrogen-bond acceptors (Lipinski definition) is 15. The van der Waals surface area contributed by atoms with Crippen molar-refractivity contribution in [3.05, 3.63) is 134 Å². The van der Waals surface area contributed by atoms with Crippen molar-refractivity contribution in [1.82, 2.24) is 0 Å². The summed E-state index contributed by atoms with van der Waals surface area (Å²) in [6.45, 7) is 4.68. The van der Waals surface area contributed by atoms with Crippen molar-refractivity contribution in [3.63, 3.8) is 0 Å². The van der Waals surface area contributed by atoms with Gasteiger partial charge in [0.15, 0.2) is 12.2 Å². The van der Waals surface area contributed by atoms with E-state index < -0.39 is 97.5 Å². The molecule has 0 saturated heterocycles. The molecule has 620 valence electrons. The number of carbonyl (C=O) groups is 4. The quantitative estimate of drug-likeness (QED) is 0.0169. The zero-order chi connectivity index (χ0) is 78.9. The molecule has 0 amide bonds. The van der Waals surface area contributed by atoms with Gasteiger partial charge < -0.3 is 33.8 Å². The maximum Gasteiger partial charge on any atom is 0.472 e. The van der Waals surface area contributed by atoms with Crippen molar-refractivity contribution in [1.29, 1.82) is 0 Å². The summed E-state index contributed by atoms with van der Waals surface area (Å²) in [5.74, 6) is -2.36. The molecule has 0 bridgehead atoms. The highest BCUT2D eigenvalue weighted by atomic mass is 31.2. The van der Waals surface area contributed by atoms with Gasteiger partial charge in [-0.2, -0.15) is 0 Å². The lowest BCUT2D eigenvalue weighted by Gasteiger charge is -2.21. The Morgan fingerprint density at radius 1 is 0.259 bits per heavy atom. The van der Waals surface area contributed by atoms with E-state index in [0.717, 1.165) is 128 Å². The second kappa shape index (κ2) is 80.3. The molecule has 0 rings (SSSR count). The van der Waals surface area contributed by atoms with Gasteiger partial charge in [-0.1, -0.05) is 328 Å². The molecule has 0 aliphatic rings. The predicted octanol–water partition coefficient (Wildman–Crippen LogP) is 25.2. The van der Waals surface area contributed by atoms with Crippen molar-refractivity contribution in [2.75, 3.05) is 39.6 Å². The van der Waals surface area contributed by atoms with Crippen molar-refractivity contribution in [2.45, 2.75) is 367 Å². The molecule has 0 aliphatic carbocycles. The van der Waals surface area contributed by atoms with E-state index in [1.54, 1.807) is 0 Å². The number of hydrogen-bond donors (Lipinski definition) is 3. The molecular formula is C89H152O17P2. The number of carbonyl (C=O) groups excluding carboxylic acids is 4. The zero-order valence-electron chi connectivity index (χ0n) is 68.0. The van der Waals surface area contributed by atoms with Crippen LogP contribution >= 0.6 is 15.6 Å². The third-order valence-corrected chi connectivity index (χ3v) is 19.5. The van der Waals surface area contributed by atoms with Crippen LogP contribution in [0.15, 0.2) is 134 Å². The molecule has 0 aliphatic heterocycles. The van der Waals surface area contributed by atoms with E-state index in [0.29, 0.717) is 38.5 Å². The lowest BCUT2D eigenvalue weighted by molar-refractivity contribution is -0.161. The average molecular weight is 1560 g/mol. The molecule has 17 nitrogen and oxygen atoms in total. The molecule has 5 atom stereocenters. The Bertz CT molecular complexity index is 2560. The first kappa shape index (κ1) is 103. The van der Waals surface area contributed by atoms with Gasteiger partial charge in [0.2, 0.25) is 0 Å². The molecule has 0 heterocycles. The van der Waals surface area contributed by atoms with Gasteiger partial charge in [-0.15, -0.1) is 0 Å². The highest BCUT2D eigenvalue weighted by molar-refractivity contribution is 7.47.